The maximum atomic E-state index is 11.3. The molecular weight excluding hydrogens is 372 g/mol. The molecule has 0 spiro atoms. The van der Waals surface area contributed by atoms with Crippen LogP contribution in [0.3, 0.4) is 0 Å². The van der Waals surface area contributed by atoms with Gasteiger partial charge in [0.15, 0.2) is 0 Å². The Bertz CT molecular complexity index is 317. The van der Waals surface area contributed by atoms with Gasteiger partial charge < -0.3 is 9.85 Å². The quantitative estimate of drug-likeness (QED) is 0.0746. The van der Waals surface area contributed by atoms with E-state index < -0.39 is 0 Å². The second kappa shape index (κ2) is 26.6. The number of hydroxylamine groups is 3. The van der Waals surface area contributed by atoms with Gasteiger partial charge in [-0.1, -0.05) is 128 Å². The molecule has 0 heterocycles. The largest absolute Gasteiger partial charge is 0.633 e. The van der Waals surface area contributed by atoms with E-state index in [2.05, 4.69) is 19.0 Å². The summed E-state index contributed by atoms with van der Waals surface area (Å²) >= 11 is 0. The van der Waals surface area contributed by atoms with Gasteiger partial charge >= 0.3 is 0 Å². The molecule has 0 rings (SSSR count). The first kappa shape index (κ1) is 31.7. The van der Waals surface area contributed by atoms with Gasteiger partial charge in [0, 0.05) is 0 Å². The van der Waals surface area contributed by atoms with Gasteiger partial charge in [-0.2, -0.15) is 4.91 Å². The second-order valence-electron chi connectivity index (χ2n) is 9.51. The molecule has 0 aromatic carbocycles. The number of rotatable bonds is 22. The van der Waals surface area contributed by atoms with E-state index in [9.17, 15) is 10.1 Å². The highest BCUT2D eigenvalue weighted by atomic mass is 16.5. The zero-order chi connectivity index (χ0) is 22.8. The minimum atomic E-state index is -0.128. The van der Waals surface area contributed by atoms with E-state index in [0.717, 1.165) is 19.4 Å². The highest BCUT2D eigenvalue weighted by Crippen LogP contribution is 2.11. The normalized spacial score (nSPS) is 11.2. The lowest BCUT2D eigenvalue weighted by molar-refractivity contribution is -0.840. The number of nitroso groups, excluding NO2 is 1. The first-order valence-corrected chi connectivity index (χ1v) is 13.3. The standard InChI is InChI=1S/C14H31NO.C12H25NO/c1-4-5-6-7-8-9-10-11-12-13-14-15(2,3)16;1-2-3-4-5-6-7-8-9-10-11-12-13-14/h4-14H2,1-3H3;2-12H2,1H3. The van der Waals surface area contributed by atoms with Gasteiger partial charge in [0.2, 0.25) is 0 Å². The van der Waals surface area contributed by atoms with Crippen LogP contribution in [-0.4, -0.2) is 31.8 Å². The van der Waals surface area contributed by atoms with Gasteiger partial charge in [0.05, 0.1) is 27.2 Å². The van der Waals surface area contributed by atoms with Crippen molar-refractivity contribution in [1.82, 2.24) is 0 Å². The molecule has 0 N–H and O–H groups in total. The van der Waals surface area contributed by atoms with E-state index in [1.807, 2.05) is 0 Å². The molecule has 4 nitrogen and oxygen atoms in total. The summed E-state index contributed by atoms with van der Waals surface area (Å²) in [7, 11) is 3.46. The van der Waals surface area contributed by atoms with Crippen molar-refractivity contribution in [3.63, 3.8) is 0 Å². The third-order valence-corrected chi connectivity index (χ3v) is 5.65. The van der Waals surface area contributed by atoms with Crippen molar-refractivity contribution >= 4 is 0 Å². The molecule has 4 heteroatoms. The lowest BCUT2D eigenvalue weighted by atomic mass is 10.1. The molecule has 0 aromatic heterocycles. The van der Waals surface area contributed by atoms with Crippen LogP contribution < -0.4 is 0 Å². The number of nitrogens with zero attached hydrogens (tertiary/aromatic N) is 2. The summed E-state index contributed by atoms with van der Waals surface area (Å²) < 4.78 is -0.128. The Morgan fingerprint density at radius 1 is 0.533 bits per heavy atom. The zero-order valence-corrected chi connectivity index (χ0v) is 21.3. The van der Waals surface area contributed by atoms with Crippen molar-refractivity contribution in [2.24, 2.45) is 5.18 Å². The molecule has 0 unspecified atom stereocenters. The van der Waals surface area contributed by atoms with E-state index >= 15 is 0 Å². The van der Waals surface area contributed by atoms with Crippen molar-refractivity contribution in [2.45, 2.75) is 142 Å². The molecule has 0 aliphatic carbocycles. The summed E-state index contributed by atoms with van der Waals surface area (Å²) in [4.78, 5) is 9.79. The Hall–Kier alpha value is -0.480. The van der Waals surface area contributed by atoms with Crippen LogP contribution in [-0.2, 0) is 0 Å². The van der Waals surface area contributed by atoms with Gasteiger partial charge in [0.25, 0.3) is 0 Å². The Balaban J connectivity index is 0. The van der Waals surface area contributed by atoms with Gasteiger partial charge in [0.1, 0.15) is 0 Å². The molecule has 0 saturated heterocycles. The zero-order valence-electron chi connectivity index (χ0n) is 21.3. The van der Waals surface area contributed by atoms with Crippen molar-refractivity contribution in [3.8, 4) is 0 Å². The van der Waals surface area contributed by atoms with E-state index in [1.54, 1.807) is 14.1 Å². The fraction of sp³-hybridized carbons (Fsp3) is 1.00. The van der Waals surface area contributed by atoms with Crippen LogP contribution in [0.2, 0.25) is 0 Å². The van der Waals surface area contributed by atoms with Crippen molar-refractivity contribution in [1.29, 1.82) is 0 Å². The molecule has 0 atom stereocenters. The molecule has 0 amide bonds. The van der Waals surface area contributed by atoms with Crippen LogP contribution in [0.15, 0.2) is 5.18 Å². The fourth-order valence-corrected chi connectivity index (χ4v) is 3.64. The first-order valence-electron chi connectivity index (χ1n) is 13.3. The predicted molar refractivity (Wildman–Crippen MR) is 135 cm³/mol. The molecule has 0 saturated carbocycles. The highest BCUT2D eigenvalue weighted by Gasteiger charge is 2.00. The van der Waals surface area contributed by atoms with Gasteiger partial charge in [-0.3, -0.25) is 0 Å². The average molecular weight is 429 g/mol. The Labute approximate surface area is 189 Å². The van der Waals surface area contributed by atoms with Gasteiger partial charge in [-0.05, 0) is 19.3 Å². The summed E-state index contributed by atoms with van der Waals surface area (Å²) in [6.45, 7) is 5.80. The first-order chi connectivity index (χ1) is 14.5. The van der Waals surface area contributed by atoms with Crippen LogP contribution in [0.25, 0.3) is 0 Å². The maximum Gasteiger partial charge on any atom is 0.0811 e. The van der Waals surface area contributed by atoms with Gasteiger partial charge in [-0.15, -0.1) is 0 Å². The van der Waals surface area contributed by atoms with Crippen LogP contribution in [0.4, 0.5) is 0 Å². The monoisotopic (exact) mass is 428 g/mol. The maximum absolute atomic E-state index is 11.3. The molecule has 0 aliphatic rings. The number of hydrogen-bond acceptors (Lipinski definition) is 3. The van der Waals surface area contributed by atoms with Crippen LogP contribution in [0.5, 0.6) is 0 Å². The molecule has 0 aromatic rings. The van der Waals surface area contributed by atoms with Crippen LogP contribution in [0, 0.1) is 10.1 Å². The van der Waals surface area contributed by atoms with Crippen LogP contribution in [0.1, 0.15) is 142 Å². The van der Waals surface area contributed by atoms with Crippen molar-refractivity contribution in [3.05, 3.63) is 10.1 Å². The average Bonchev–Trinajstić information content (AvgIpc) is 2.70. The van der Waals surface area contributed by atoms with E-state index in [1.165, 1.54) is 116 Å². The summed E-state index contributed by atoms with van der Waals surface area (Å²) in [5, 5.41) is 14.1. The summed E-state index contributed by atoms with van der Waals surface area (Å²) in [6.07, 6.45) is 26.5. The van der Waals surface area contributed by atoms with E-state index in [0.29, 0.717) is 6.54 Å². The molecule has 182 valence electrons. The molecule has 0 radical (unpaired) electrons. The van der Waals surface area contributed by atoms with Crippen molar-refractivity contribution < 1.29 is 4.65 Å². The predicted octanol–water partition coefficient (Wildman–Crippen LogP) is 9.16. The topological polar surface area (TPSA) is 52.5 Å². The number of quaternary nitrogens is 1. The summed E-state index contributed by atoms with van der Waals surface area (Å²) in [5.74, 6) is 0. The van der Waals surface area contributed by atoms with Gasteiger partial charge in [-0.25, -0.2) is 0 Å². The third kappa shape index (κ3) is 35.0. The molecule has 30 heavy (non-hydrogen) atoms. The number of unbranched alkanes of at least 4 members (excludes halogenated alkanes) is 18. The highest BCUT2D eigenvalue weighted by molar-refractivity contribution is 4.49. The molecule has 0 bridgehead atoms. The van der Waals surface area contributed by atoms with E-state index in [-0.39, 0.29) is 4.65 Å². The SMILES string of the molecule is CCCCCCCCCCCCN=O.CCCCCCCCCCCC[N+](C)(C)[O-]. The Morgan fingerprint density at radius 2 is 0.833 bits per heavy atom. The fourth-order valence-electron chi connectivity index (χ4n) is 3.64. The Morgan fingerprint density at radius 3 is 1.13 bits per heavy atom. The second-order valence-corrected chi connectivity index (χ2v) is 9.51. The molecule has 0 fully saturated rings. The summed E-state index contributed by atoms with van der Waals surface area (Å²) in [6, 6.07) is 0. The lowest BCUT2D eigenvalue weighted by Crippen LogP contribution is -2.32. The lowest BCUT2D eigenvalue weighted by Gasteiger charge is -2.33. The molecule has 0 aliphatic heterocycles. The summed E-state index contributed by atoms with van der Waals surface area (Å²) in [5.41, 5.74) is 0. The Kier molecular flexibility index (Phi) is 28.1. The minimum Gasteiger partial charge on any atom is -0.633 e. The minimum absolute atomic E-state index is 0.128. The van der Waals surface area contributed by atoms with Crippen LogP contribution >= 0.6 is 0 Å². The third-order valence-electron chi connectivity index (χ3n) is 5.65. The van der Waals surface area contributed by atoms with Crippen molar-refractivity contribution in [2.75, 3.05) is 27.2 Å². The molecular formula is C26H56N2O2. The smallest absolute Gasteiger partial charge is 0.0811 e. The van der Waals surface area contributed by atoms with E-state index in [4.69, 9.17) is 0 Å². The number of hydrogen-bond donors (Lipinski definition) is 0.